The Bertz CT molecular complexity index is 372. The first-order valence-electron chi connectivity index (χ1n) is 9.35. The second-order valence-electron chi connectivity index (χ2n) is 8.30. The average Bonchev–Trinajstić information content (AvgIpc) is 2.52. The first kappa shape index (κ1) is 14.5. The van der Waals surface area contributed by atoms with Crippen LogP contribution in [0.2, 0.25) is 0 Å². The molecule has 4 fully saturated rings. The van der Waals surface area contributed by atoms with Gasteiger partial charge in [0.25, 0.3) is 0 Å². The Labute approximate surface area is 129 Å². The molecule has 0 aromatic heterocycles. The molecule has 0 aromatic rings. The van der Waals surface area contributed by atoms with Gasteiger partial charge >= 0.3 is 0 Å². The van der Waals surface area contributed by atoms with E-state index in [4.69, 9.17) is 4.74 Å². The van der Waals surface area contributed by atoms with Crippen LogP contribution in [-0.2, 0) is 0 Å². The highest BCUT2D eigenvalue weighted by atomic mass is 16.5. The molecule has 2 N–H and O–H groups in total. The van der Waals surface area contributed by atoms with E-state index in [9.17, 15) is 0 Å². The molecule has 7 atom stereocenters. The monoisotopic (exact) mass is 293 g/mol. The van der Waals surface area contributed by atoms with Gasteiger partial charge < -0.3 is 9.64 Å². The van der Waals surface area contributed by atoms with Crippen molar-refractivity contribution in [3.05, 3.63) is 0 Å². The standard InChI is InChI=1S/C18H32N2O/c1-20(2)13-8-9-15-17(11-13)21-16-10-7-12-5-3-4-6-14(12)18(16)19-15/h12-19H,3-11H2,1-2H3/p+1. The van der Waals surface area contributed by atoms with Gasteiger partial charge in [0.05, 0.1) is 12.1 Å². The Kier molecular flexibility index (Phi) is 4.01. The van der Waals surface area contributed by atoms with Crippen molar-refractivity contribution in [2.45, 2.75) is 88.1 Å². The number of nitrogens with zero attached hydrogens (tertiary/aromatic N) is 1. The van der Waals surface area contributed by atoms with Crippen LogP contribution in [0.25, 0.3) is 0 Å². The van der Waals surface area contributed by atoms with E-state index in [-0.39, 0.29) is 0 Å². The number of morpholine rings is 1. The van der Waals surface area contributed by atoms with Crippen molar-refractivity contribution < 1.29 is 4.74 Å². The van der Waals surface area contributed by atoms with Crippen molar-refractivity contribution in [1.29, 1.82) is 0 Å². The predicted molar refractivity (Wildman–Crippen MR) is 86.5 cm³/mol. The summed E-state index contributed by atoms with van der Waals surface area (Å²) in [4.78, 5) is 2.41. The molecule has 0 aromatic carbocycles. The lowest BCUT2D eigenvalue weighted by atomic mass is 9.66. The van der Waals surface area contributed by atoms with Crippen molar-refractivity contribution in [1.82, 2.24) is 10.2 Å². The van der Waals surface area contributed by atoms with Crippen molar-refractivity contribution in [3.8, 4) is 0 Å². The summed E-state index contributed by atoms with van der Waals surface area (Å²) in [6.07, 6.45) is 13.9. The Morgan fingerprint density at radius 1 is 0.905 bits per heavy atom. The summed E-state index contributed by atoms with van der Waals surface area (Å²) in [6, 6.07) is 2.16. The second-order valence-corrected chi connectivity index (χ2v) is 8.30. The Morgan fingerprint density at radius 3 is 2.62 bits per heavy atom. The number of hydrogen-bond acceptors (Lipinski definition) is 2. The molecule has 21 heavy (non-hydrogen) atoms. The van der Waals surface area contributed by atoms with Crippen molar-refractivity contribution >= 4 is 0 Å². The van der Waals surface area contributed by atoms with Gasteiger partial charge in [-0.25, -0.2) is 0 Å². The molecule has 3 nitrogen and oxygen atoms in total. The third-order valence-corrected chi connectivity index (χ3v) is 6.99. The minimum atomic E-state index is 0.590. The highest BCUT2D eigenvalue weighted by Crippen LogP contribution is 2.43. The lowest BCUT2D eigenvalue weighted by Crippen LogP contribution is -2.67. The number of rotatable bonds is 1. The maximum atomic E-state index is 5.36. The van der Waals surface area contributed by atoms with Crippen LogP contribution in [-0.4, -0.2) is 54.1 Å². The molecular weight excluding hydrogens is 260 g/mol. The third-order valence-electron chi connectivity index (χ3n) is 6.99. The van der Waals surface area contributed by atoms with E-state index in [0.29, 0.717) is 18.2 Å². The quantitative estimate of drug-likeness (QED) is 0.752. The van der Waals surface area contributed by atoms with Crippen LogP contribution in [0.5, 0.6) is 0 Å². The molecule has 3 aliphatic carbocycles. The molecule has 7 unspecified atom stereocenters. The van der Waals surface area contributed by atoms with Gasteiger partial charge in [0.15, 0.2) is 12.2 Å². The van der Waals surface area contributed by atoms with Gasteiger partial charge in [0.2, 0.25) is 0 Å². The average molecular weight is 293 g/mol. The Morgan fingerprint density at radius 2 is 1.76 bits per heavy atom. The molecule has 0 radical (unpaired) electrons. The van der Waals surface area contributed by atoms with Gasteiger partial charge in [0, 0.05) is 18.9 Å². The van der Waals surface area contributed by atoms with Gasteiger partial charge in [-0.3, -0.25) is 5.32 Å². The van der Waals surface area contributed by atoms with Gasteiger partial charge in [-0.1, -0.05) is 19.3 Å². The molecule has 1 aliphatic heterocycles. The van der Waals surface area contributed by atoms with Crippen LogP contribution in [0.1, 0.15) is 57.8 Å². The topological polar surface area (TPSA) is 28.1 Å². The third kappa shape index (κ3) is 2.66. The van der Waals surface area contributed by atoms with Crippen molar-refractivity contribution in [3.63, 3.8) is 0 Å². The second kappa shape index (κ2) is 5.82. The summed E-state index contributed by atoms with van der Waals surface area (Å²) in [7, 11) is 4.47. The molecule has 4 rings (SSSR count). The van der Waals surface area contributed by atoms with E-state index in [1.165, 1.54) is 57.8 Å². The molecule has 1 heterocycles. The summed E-state index contributed by atoms with van der Waals surface area (Å²) in [5.41, 5.74) is 0. The Balaban J connectivity index is 1.45. The first-order chi connectivity index (χ1) is 10.2. The lowest BCUT2D eigenvalue weighted by molar-refractivity contribution is -0.246. The van der Waals surface area contributed by atoms with E-state index in [1.807, 2.05) is 0 Å². The number of fused-ring (bicyclic) bond motifs is 4. The van der Waals surface area contributed by atoms with Gasteiger partial charge in [-0.05, 0) is 51.6 Å². The highest BCUT2D eigenvalue weighted by molar-refractivity contribution is 5.02. The lowest BCUT2D eigenvalue weighted by Gasteiger charge is -2.51. The van der Waals surface area contributed by atoms with E-state index in [2.05, 4.69) is 24.3 Å². The number of aliphatic hydroxyl groups is 2. The van der Waals surface area contributed by atoms with Crippen LogP contribution >= 0.6 is 0 Å². The molecule has 120 valence electrons. The van der Waals surface area contributed by atoms with Crippen LogP contribution in [0.3, 0.4) is 0 Å². The predicted octanol–water partition coefficient (Wildman–Crippen LogP) is 2.31. The summed E-state index contributed by atoms with van der Waals surface area (Å²) >= 11 is 0. The minimum Gasteiger partial charge on any atom is -0.427 e. The molecule has 3 heteroatoms. The highest BCUT2D eigenvalue weighted by Gasteiger charge is 2.51. The van der Waals surface area contributed by atoms with E-state index < -0.39 is 0 Å². The largest absolute Gasteiger partial charge is 0.427 e. The summed E-state index contributed by atoms with van der Waals surface area (Å²) in [5.74, 6) is 1.95. The Hall–Kier alpha value is -0.120. The zero-order valence-electron chi connectivity index (χ0n) is 13.8. The van der Waals surface area contributed by atoms with Gasteiger partial charge in [-0.2, -0.15) is 0 Å². The minimum absolute atomic E-state index is 0.590. The maximum absolute atomic E-state index is 5.36. The fourth-order valence-corrected chi connectivity index (χ4v) is 5.77. The molecule has 4 aliphatic rings. The molecule has 0 spiro atoms. The maximum Gasteiger partial charge on any atom is 0.172 e. The van der Waals surface area contributed by atoms with Gasteiger partial charge in [-0.15, -0.1) is 0 Å². The number of hydrogen-bond donors (Lipinski definition) is 1. The number of nitrogens with one attached hydrogen (secondary N) is 1. The van der Waals surface area contributed by atoms with Crippen molar-refractivity contribution in [2.24, 2.45) is 11.8 Å². The normalized spacial score (nSPS) is 50.1. The molecule has 0 bridgehead atoms. The van der Waals surface area contributed by atoms with Crippen LogP contribution in [0.4, 0.5) is 0 Å². The smallest absolute Gasteiger partial charge is 0.172 e. The summed E-state index contributed by atoms with van der Waals surface area (Å²) in [6.45, 7) is 0. The van der Waals surface area contributed by atoms with Gasteiger partial charge in [0.1, 0.15) is 0 Å². The zero-order chi connectivity index (χ0) is 14.4. The molecule has 3 saturated carbocycles. The van der Waals surface area contributed by atoms with Crippen molar-refractivity contribution in [2.75, 3.05) is 14.1 Å². The van der Waals surface area contributed by atoms with Crippen LogP contribution < -0.4 is 5.32 Å². The van der Waals surface area contributed by atoms with Crippen LogP contribution in [0.15, 0.2) is 0 Å². The SMILES string of the molecule is CN(C)C1CCC2NC3C(CCC4CCCCC43)[OH+]C2C1. The molecule has 0 amide bonds. The van der Waals surface area contributed by atoms with Crippen LogP contribution in [0, 0.1) is 11.8 Å². The summed E-state index contributed by atoms with van der Waals surface area (Å²) < 4.78 is 5.36. The molecular formula is C18H33N2O+. The number of ether oxygens (including phenoxy) is 1. The fraction of sp³-hybridized carbons (Fsp3) is 1.00. The van der Waals surface area contributed by atoms with E-state index in [1.54, 1.807) is 0 Å². The fourth-order valence-electron chi connectivity index (χ4n) is 5.77. The molecule has 1 saturated heterocycles. The summed E-state index contributed by atoms with van der Waals surface area (Å²) in [5, 5.41) is 4.10. The zero-order valence-corrected chi connectivity index (χ0v) is 13.8. The van der Waals surface area contributed by atoms with E-state index >= 15 is 0 Å². The first-order valence-corrected chi connectivity index (χ1v) is 9.35. The van der Waals surface area contributed by atoms with E-state index in [0.717, 1.165) is 23.9 Å².